The first kappa shape index (κ1) is 14.1. The molecule has 1 aliphatic rings. The number of nitrogens with zero attached hydrogens (tertiary/aromatic N) is 2. The van der Waals surface area contributed by atoms with Gasteiger partial charge in [-0.1, -0.05) is 15.9 Å². The van der Waals surface area contributed by atoms with E-state index in [9.17, 15) is 9.18 Å². The molecule has 5 heteroatoms. The standard InChI is InChI=1S/C14H16BrFN2O/c1-17(2)8-10-9-18(4-3-14(10)19)13-6-11(15)5-12(16)7-13/h5-8H,3-4,9H2,1-2H3/b10-8+. The summed E-state index contributed by atoms with van der Waals surface area (Å²) in [6.45, 7) is 1.15. The quantitative estimate of drug-likeness (QED) is 0.781. The summed E-state index contributed by atoms with van der Waals surface area (Å²) in [4.78, 5) is 15.7. The molecule has 1 aromatic rings. The van der Waals surface area contributed by atoms with Gasteiger partial charge in [0.2, 0.25) is 0 Å². The van der Waals surface area contributed by atoms with Gasteiger partial charge in [0.1, 0.15) is 5.82 Å². The molecule has 1 saturated heterocycles. The van der Waals surface area contributed by atoms with Crippen LogP contribution < -0.4 is 4.90 Å². The Bertz CT molecular complexity index is 508. The summed E-state index contributed by atoms with van der Waals surface area (Å²) in [6.07, 6.45) is 2.30. The molecule has 19 heavy (non-hydrogen) atoms. The first-order chi connectivity index (χ1) is 8.95. The second-order valence-corrected chi connectivity index (χ2v) is 5.76. The van der Waals surface area contributed by atoms with Crippen LogP contribution in [0, 0.1) is 5.82 Å². The Kier molecular flexibility index (Phi) is 4.24. The van der Waals surface area contributed by atoms with Crippen molar-refractivity contribution in [1.29, 1.82) is 0 Å². The van der Waals surface area contributed by atoms with Crippen molar-refractivity contribution in [2.75, 3.05) is 32.1 Å². The molecule has 0 amide bonds. The van der Waals surface area contributed by atoms with Gasteiger partial charge in [-0.3, -0.25) is 4.79 Å². The van der Waals surface area contributed by atoms with Gasteiger partial charge >= 0.3 is 0 Å². The van der Waals surface area contributed by atoms with Crippen LogP contribution in [0.25, 0.3) is 0 Å². The minimum Gasteiger partial charge on any atom is -0.383 e. The van der Waals surface area contributed by atoms with Crippen molar-refractivity contribution in [2.45, 2.75) is 6.42 Å². The second kappa shape index (κ2) is 5.74. The van der Waals surface area contributed by atoms with Gasteiger partial charge in [-0.05, 0) is 18.2 Å². The highest BCUT2D eigenvalue weighted by Gasteiger charge is 2.22. The lowest BCUT2D eigenvalue weighted by Gasteiger charge is -2.30. The molecule has 0 radical (unpaired) electrons. The predicted octanol–water partition coefficient (Wildman–Crippen LogP) is 2.81. The van der Waals surface area contributed by atoms with Gasteiger partial charge in [-0.2, -0.15) is 0 Å². The molecule has 3 nitrogen and oxygen atoms in total. The Balaban J connectivity index is 2.24. The minimum atomic E-state index is -0.278. The van der Waals surface area contributed by atoms with E-state index in [2.05, 4.69) is 15.9 Å². The zero-order chi connectivity index (χ0) is 14.0. The molecule has 0 atom stereocenters. The minimum absolute atomic E-state index is 0.167. The summed E-state index contributed by atoms with van der Waals surface area (Å²) in [5, 5.41) is 0. The molecule has 102 valence electrons. The van der Waals surface area contributed by atoms with E-state index < -0.39 is 0 Å². The molecule has 1 heterocycles. The zero-order valence-corrected chi connectivity index (χ0v) is 12.6. The maximum Gasteiger partial charge on any atom is 0.163 e. The van der Waals surface area contributed by atoms with E-state index in [-0.39, 0.29) is 11.6 Å². The summed E-state index contributed by atoms with van der Waals surface area (Å²) in [5.41, 5.74) is 1.56. The smallest absolute Gasteiger partial charge is 0.163 e. The highest BCUT2D eigenvalue weighted by molar-refractivity contribution is 9.10. The largest absolute Gasteiger partial charge is 0.383 e. The van der Waals surface area contributed by atoms with Crippen molar-refractivity contribution in [2.24, 2.45) is 0 Å². The number of ketones is 1. The summed E-state index contributed by atoms with van der Waals surface area (Å²) in [6, 6.07) is 4.79. The Morgan fingerprint density at radius 3 is 2.74 bits per heavy atom. The Hall–Kier alpha value is -1.36. The maximum atomic E-state index is 13.4. The van der Waals surface area contributed by atoms with E-state index in [1.807, 2.05) is 36.2 Å². The fraction of sp³-hybridized carbons (Fsp3) is 0.357. The number of hydrogen-bond donors (Lipinski definition) is 0. The van der Waals surface area contributed by atoms with Gasteiger partial charge in [0.15, 0.2) is 5.78 Å². The second-order valence-electron chi connectivity index (χ2n) is 4.84. The topological polar surface area (TPSA) is 23.6 Å². The number of carbonyl (C=O) groups excluding carboxylic acids is 1. The number of hydrogen-bond acceptors (Lipinski definition) is 3. The van der Waals surface area contributed by atoms with Crippen LogP contribution in [0.3, 0.4) is 0 Å². The SMILES string of the molecule is CN(C)/C=C1\CN(c2cc(F)cc(Br)c2)CCC1=O. The number of anilines is 1. The van der Waals surface area contributed by atoms with Crippen LogP contribution in [0.2, 0.25) is 0 Å². The number of carbonyl (C=O) groups is 1. The molecule has 1 fully saturated rings. The predicted molar refractivity (Wildman–Crippen MR) is 77.7 cm³/mol. The van der Waals surface area contributed by atoms with Crippen LogP contribution >= 0.6 is 15.9 Å². The van der Waals surface area contributed by atoms with Gasteiger partial charge in [0.05, 0.1) is 0 Å². The van der Waals surface area contributed by atoms with Crippen LogP contribution in [0.15, 0.2) is 34.4 Å². The molecule has 2 rings (SSSR count). The summed E-state index contributed by atoms with van der Waals surface area (Å²) < 4.78 is 14.1. The van der Waals surface area contributed by atoms with Crippen molar-refractivity contribution in [3.63, 3.8) is 0 Å². The van der Waals surface area contributed by atoms with Gasteiger partial charge in [-0.15, -0.1) is 0 Å². The third kappa shape index (κ3) is 3.56. The Labute approximate surface area is 120 Å². The van der Waals surface area contributed by atoms with Crippen molar-refractivity contribution >= 4 is 27.4 Å². The molecule has 0 saturated carbocycles. The molecule has 0 spiro atoms. The van der Waals surface area contributed by atoms with Crippen LogP contribution in [0.1, 0.15) is 6.42 Å². The van der Waals surface area contributed by atoms with E-state index in [0.29, 0.717) is 24.0 Å². The van der Waals surface area contributed by atoms with Crippen LogP contribution in [-0.2, 0) is 4.79 Å². The molecular weight excluding hydrogens is 311 g/mol. The first-order valence-corrected chi connectivity index (χ1v) is 6.86. The van der Waals surface area contributed by atoms with Gasteiger partial charge in [0, 0.05) is 55.5 Å². The molecule has 0 bridgehead atoms. The molecule has 0 unspecified atom stereocenters. The number of benzene rings is 1. The third-order valence-corrected chi connectivity index (χ3v) is 3.41. The van der Waals surface area contributed by atoms with Crippen molar-refractivity contribution in [3.8, 4) is 0 Å². The van der Waals surface area contributed by atoms with E-state index in [1.54, 1.807) is 0 Å². The fourth-order valence-electron chi connectivity index (χ4n) is 2.14. The van der Waals surface area contributed by atoms with E-state index in [1.165, 1.54) is 12.1 Å². The average molecular weight is 327 g/mol. The lowest BCUT2D eigenvalue weighted by atomic mass is 10.0. The van der Waals surface area contributed by atoms with E-state index >= 15 is 0 Å². The van der Waals surface area contributed by atoms with Gasteiger partial charge in [-0.25, -0.2) is 4.39 Å². The zero-order valence-electron chi connectivity index (χ0n) is 11.0. The maximum absolute atomic E-state index is 13.4. The monoisotopic (exact) mass is 326 g/mol. The van der Waals surface area contributed by atoms with Crippen molar-refractivity contribution in [3.05, 3.63) is 40.3 Å². The summed E-state index contributed by atoms with van der Waals surface area (Å²) >= 11 is 3.29. The van der Waals surface area contributed by atoms with E-state index in [0.717, 1.165) is 11.3 Å². The normalized spacial score (nSPS) is 18.0. The lowest BCUT2D eigenvalue weighted by molar-refractivity contribution is -0.116. The number of piperidine rings is 1. The van der Waals surface area contributed by atoms with Crippen molar-refractivity contribution in [1.82, 2.24) is 4.90 Å². The average Bonchev–Trinajstić information content (AvgIpc) is 2.30. The number of halogens is 2. The van der Waals surface area contributed by atoms with E-state index in [4.69, 9.17) is 0 Å². The van der Waals surface area contributed by atoms with Crippen LogP contribution in [-0.4, -0.2) is 37.9 Å². The number of Topliss-reactive ketones (excluding diaryl/α,β-unsaturated/α-hetero) is 1. The number of rotatable bonds is 2. The summed E-state index contributed by atoms with van der Waals surface area (Å²) in [5.74, 6) is -0.111. The first-order valence-electron chi connectivity index (χ1n) is 6.07. The highest BCUT2D eigenvalue weighted by Crippen LogP contribution is 2.25. The van der Waals surface area contributed by atoms with Crippen molar-refractivity contribution < 1.29 is 9.18 Å². The molecule has 1 aliphatic heterocycles. The summed E-state index contributed by atoms with van der Waals surface area (Å²) in [7, 11) is 3.77. The van der Waals surface area contributed by atoms with Gasteiger partial charge in [0.25, 0.3) is 0 Å². The molecule has 0 aromatic heterocycles. The molecule has 0 aliphatic carbocycles. The highest BCUT2D eigenvalue weighted by atomic mass is 79.9. The third-order valence-electron chi connectivity index (χ3n) is 2.95. The van der Waals surface area contributed by atoms with Crippen LogP contribution in [0.4, 0.5) is 10.1 Å². The lowest BCUT2D eigenvalue weighted by Crippen LogP contribution is -2.36. The molecular formula is C14H16BrFN2O. The van der Waals surface area contributed by atoms with Gasteiger partial charge < -0.3 is 9.80 Å². The Morgan fingerprint density at radius 1 is 1.37 bits per heavy atom. The fourth-order valence-corrected chi connectivity index (χ4v) is 2.59. The molecule has 0 N–H and O–H groups in total. The molecule has 1 aromatic carbocycles. The van der Waals surface area contributed by atoms with Crippen LogP contribution in [0.5, 0.6) is 0 Å². The Morgan fingerprint density at radius 2 is 2.11 bits per heavy atom.